The first-order chi connectivity index (χ1) is 16.0. The SMILES string of the molecule is COc1cccc(CN2CCC(NC(=O)C(CCSC)NC(=O)c3ccccc3Cl)CC2)c1. The van der Waals surface area contributed by atoms with E-state index < -0.39 is 6.04 Å². The van der Waals surface area contributed by atoms with Gasteiger partial charge in [0.25, 0.3) is 5.91 Å². The molecule has 1 fully saturated rings. The van der Waals surface area contributed by atoms with Crippen LogP contribution in [-0.2, 0) is 11.3 Å². The minimum Gasteiger partial charge on any atom is -0.497 e. The second-order valence-electron chi connectivity index (χ2n) is 8.20. The Hall–Kier alpha value is -2.22. The number of amides is 2. The number of carbonyl (C=O) groups excluding carboxylic acids is 2. The van der Waals surface area contributed by atoms with Gasteiger partial charge in [-0.05, 0) is 61.1 Å². The van der Waals surface area contributed by atoms with Crippen LogP contribution in [0.15, 0.2) is 48.5 Å². The third-order valence-electron chi connectivity index (χ3n) is 5.83. The summed E-state index contributed by atoms with van der Waals surface area (Å²) in [5, 5.41) is 6.42. The first-order valence-electron chi connectivity index (χ1n) is 11.2. The molecule has 0 bridgehead atoms. The van der Waals surface area contributed by atoms with Gasteiger partial charge in [-0.15, -0.1) is 0 Å². The van der Waals surface area contributed by atoms with Crippen molar-refractivity contribution in [3.05, 3.63) is 64.7 Å². The molecule has 0 aromatic heterocycles. The van der Waals surface area contributed by atoms with E-state index in [1.54, 1.807) is 43.1 Å². The van der Waals surface area contributed by atoms with E-state index in [2.05, 4.69) is 27.7 Å². The van der Waals surface area contributed by atoms with Crippen molar-refractivity contribution < 1.29 is 14.3 Å². The fourth-order valence-electron chi connectivity index (χ4n) is 3.95. The maximum atomic E-state index is 13.0. The number of carbonyl (C=O) groups is 2. The number of nitrogens with zero attached hydrogens (tertiary/aromatic N) is 1. The number of rotatable bonds is 10. The molecule has 0 spiro atoms. The number of hydrogen-bond acceptors (Lipinski definition) is 5. The first kappa shape index (κ1) is 25.4. The molecule has 2 amide bonds. The van der Waals surface area contributed by atoms with Gasteiger partial charge in [0.1, 0.15) is 11.8 Å². The number of benzene rings is 2. The molecule has 2 aromatic carbocycles. The van der Waals surface area contributed by atoms with Crippen molar-refractivity contribution in [1.82, 2.24) is 15.5 Å². The predicted molar refractivity (Wildman–Crippen MR) is 135 cm³/mol. The smallest absolute Gasteiger partial charge is 0.253 e. The molecule has 33 heavy (non-hydrogen) atoms. The van der Waals surface area contributed by atoms with E-state index in [4.69, 9.17) is 16.3 Å². The highest BCUT2D eigenvalue weighted by Gasteiger charge is 2.26. The molecule has 0 aliphatic carbocycles. The lowest BCUT2D eigenvalue weighted by Crippen LogP contribution is -2.52. The summed E-state index contributed by atoms with van der Waals surface area (Å²) in [5.74, 6) is 1.19. The third-order valence-corrected chi connectivity index (χ3v) is 6.80. The van der Waals surface area contributed by atoms with Gasteiger partial charge in [-0.25, -0.2) is 0 Å². The fourth-order valence-corrected chi connectivity index (χ4v) is 4.65. The lowest BCUT2D eigenvalue weighted by atomic mass is 10.0. The monoisotopic (exact) mass is 489 g/mol. The van der Waals surface area contributed by atoms with E-state index in [1.165, 1.54) is 5.56 Å². The van der Waals surface area contributed by atoms with Crippen molar-refractivity contribution in [2.45, 2.75) is 37.9 Å². The molecular formula is C25H32ClN3O3S. The Morgan fingerprint density at radius 2 is 1.94 bits per heavy atom. The van der Waals surface area contributed by atoms with Gasteiger partial charge < -0.3 is 15.4 Å². The van der Waals surface area contributed by atoms with Gasteiger partial charge in [0.05, 0.1) is 17.7 Å². The normalized spacial score (nSPS) is 15.6. The molecule has 8 heteroatoms. The Balaban J connectivity index is 1.52. The fraction of sp³-hybridized carbons (Fsp3) is 0.440. The summed E-state index contributed by atoms with van der Waals surface area (Å²) in [7, 11) is 1.68. The molecular weight excluding hydrogens is 458 g/mol. The first-order valence-corrected chi connectivity index (χ1v) is 13.0. The molecule has 2 aromatic rings. The van der Waals surface area contributed by atoms with Crippen molar-refractivity contribution in [2.24, 2.45) is 0 Å². The maximum absolute atomic E-state index is 13.0. The molecule has 1 unspecified atom stereocenters. The van der Waals surface area contributed by atoms with Crippen molar-refractivity contribution >= 4 is 35.2 Å². The van der Waals surface area contributed by atoms with Crippen LogP contribution in [0.25, 0.3) is 0 Å². The second-order valence-corrected chi connectivity index (χ2v) is 9.59. The topological polar surface area (TPSA) is 70.7 Å². The molecule has 0 saturated carbocycles. The number of piperidine rings is 1. The van der Waals surface area contributed by atoms with Gasteiger partial charge in [0, 0.05) is 25.7 Å². The summed E-state index contributed by atoms with van der Waals surface area (Å²) in [6.07, 6.45) is 4.31. The van der Waals surface area contributed by atoms with Crippen molar-refractivity contribution in [3.8, 4) is 5.75 Å². The number of likely N-dealkylation sites (tertiary alicyclic amines) is 1. The molecule has 1 saturated heterocycles. The zero-order valence-electron chi connectivity index (χ0n) is 19.2. The van der Waals surface area contributed by atoms with Crippen molar-refractivity contribution in [1.29, 1.82) is 0 Å². The molecule has 1 heterocycles. The van der Waals surface area contributed by atoms with Gasteiger partial charge >= 0.3 is 0 Å². The summed E-state index contributed by atoms with van der Waals surface area (Å²) in [6.45, 7) is 2.68. The second kappa shape index (κ2) is 12.9. The highest BCUT2D eigenvalue weighted by atomic mass is 35.5. The van der Waals surface area contributed by atoms with Crippen molar-refractivity contribution in [3.63, 3.8) is 0 Å². The number of halogens is 1. The Bertz CT molecular complexity index is 935. The Morgan fingerprint density at radius 3 is 2.64 bits per heavy atom. The van der Waals surface area contributed by atoms with Crippen LogP contribution < -0.4 is 15.4 Å². The lowest BCUT2D eigenvalue weighted by Gasteiger charge is -2.33. The zero-order valence-corrected chi connectivity index (χ0v) is 20.8. The van der Waals surface area contributed by atoms with Crippen LogP contribution in [0.1, 0.15) is 35.2 Å². The number of nitrogens with one attached hydrogen (secondary N) is 2. The molecule has 1 aliphatic rings. The molecule has 2 N–H and O–H groups in total. The zero-order chi connectivity index (χ0) is 23.6. The van der Waals surface area contributed by atoms with Crippen LogP contribution >= 0.6 is 23.4 Å². The van der Waals surface area contributed by atoms with Crippen molar-refractivity contribution in [2.75, 3.05) is 32.2 Å². The van der Waals surface area contributed by atoms with Crippen LogP contribution in [0.2, 0.25) is 5.02 Å². The molecule has 0 radical (unpaired) electrons. The summed E-state index contributed by atoms with van der Waals surface area (Å²) in [6, 6.07) is 14.5. The summed E-state index contributed by atoms with van der Waals surface area (Å²) < 4.78 is 5.31. The van der Waals surface area contributed by atoms with E-state index in [0.29, 0.717) is 17.0 Å². The Kier molecular flexibility index (Phi) is 9.91. The minimum atomic E-state index is -0.587. The quantitative estimate of drug-likeness (QED) is 0.528. The summed E-state index contributed by atoms with van der Waals surface area (Å²) in [4.78, 5) is 28.1. The van der Waals surface area contributed by atoms with Crippen LogP contribution in [0, 0.1) is 0 Å². The average Bonchev–Trinajstić information content (AvgIpc) is 2.83. The number of methoxy groups -OCH3 is 1. The number of thioether (sulfide) groups is 1. The predicted octanol–water partition coefficient (Wildman–Crippen LogP) is 3.98. The standard InChI is InChI=1S/C25H32ClN3O3S/c1-32-20-7-5-6-18(16-20)17-29-13-10-19(11-14-29)27-25(31)23(12-15-33-2)28-24(30)21-8-3-4-9-22(21)26/h3-9,16,19,23H,10-15,17H2,1-2H3,(H,27,31)(H,28,30). The van der Waals surface area contributed by atoms with Gasteiger partial charge in [-0.2, -0.15) is 11.8 Å². The van der Waals surface area contributed by atoms with E-state index in [0.717, 1.165) is 44.0 Å². The maximum Gasteiger partial charge on any atom is 0.253 e. The lowest BCUT2D eigenvalue weighted by molar-refractivity contribution is -0.124. The van der Waals surface area contributed by atoms with Gasteiger partial charge in [0.15, 0.2) is 0 Å². The molecule has 1 atom stereocenters. The third kappa shape index (κ3) is 7.66. The van der Waals surface area contributed by atoms with E-state index in [1.807, 2.05) is 18.4 Å². The molecule has 3 rings (SSSR count). The average molecular weight is 490 g/mol. The number of hydrogen-bond donors (Lipinski definition) is 2. The molecule has 178 valence electrons. The molecule has 6 nitrogen and oxygen atoms in total. The van der Waals surface area contributed by atoms with Gasteiger partial charge in [-0.1, -0.05) is 35.9 Å². The van der Waals surface area contributed by atoms with Crippen LogP contribution in [0.3, 0.4) is 0 Å². The van der Waals surface area contributed by atoms with E-state index >= 15 is 0 Å². The van der Waals surface area contributed by atoms with Gasteiger partial charge in [-0.3, -0.25) is 14.5 Å². The molecule has 1 aliphatic heterocycles. The van der Waals surface area contributed by atoms with Gasteiger partial charge in [0.2, 0.25) is 5.91 Å². The summed E-state index contributed by atoms with van der Waals surface area (Å²) in [5.41, 5.74) is 1.60. The number of ether oxygens (including phenoxy) is 1. The van der Waals surface area contributed by atoms with E-state index in [9.17, 15) is 9.59 Å². The summed E-state index contributed by atoms with van der Waals surface area (Å²) >= 11 is 7.80. The Morgan fingerprint density at radius 1 is 1.18 bits per heavy atom. The highest BCUT2D eigenvalue weighted by Crippen LogP contribution is 2.18. The van der Waals surface area contributed by atoms with Crippen LogP contribution in [0.4, 0.5) is 0 Å². The van der Waals surface area contributed by atoms with Crippen LogP contribution in [-0.4, -0.2) is 61.0 Å². The highest BCUT2D eigenvalue weighted by molar-refractivity contribution is 7.98. The minimum absolute atomic E-state index is 0.105. The largest absolute Gasteiger partial charge is 0.497 e. The Labute approximate surface area is 205 Å². The van der Waals surface area contributed by atoms with E-state index in [-0.39, 0.29) is 17.9 Å². The van der Waals surface area contributed by atoms with Crippen LogP contribution in [0.5, 0.6) is 5.75 Å².